The van der Waals surface area contributed by atoms with Gasteiger partial charge in [-0.15, -0.1) is 0 Å². The van der Waals surface area contributed by atoms with Gasteiger partial charge in [-0.1, -0.05) is 0 Å². The van der Waals surface area contributed by atoms with Gasteiger partial charge in [0.25, 0.3) is 5.91 Å². The minimum Gasteiger partial charge on any atom is -0.629 e. The largest absolute Gasteiger partial charge is 0.629 e. The van der Waals surface area contributed by atoms with Crippen LogP contribution in [0.5, 0.6) is 5.75 Å². The number of carbonyl (C=O) groups excluding carboxylic acids is 1. The van der Waals surface area contributed by atoms with Crippen molar-refractivity contribution in [2.75, 3.05) is 7.11 Å². The maximum Gasteiger partial charge on any atom is 0.255 e. The van der Waals surface area contributed by atoms with Gasteiger partial charge in [0.1, 0.15) is 5.75 Å². The molecule has 1 aromatic heterocycles. The Hall–Kier alpha value is -2.37. The van der Waals surface area contributed by atoms with Crippen molar-refractivity contribution in [2.45, 2.75) is 6.04 Å². The molecule has 0 bridgehead atoms. The lowest BCUT2D eigenvalue weighted by Gasteiger charge is -2.31. The highest BCUT2D eigenvalue weighted by Crippen LogP contribution is 2.36. The van der Waals surface area contributed by atoms with E-state index in [2.05, 4.69) is 0 Å². The number of methoxy groups -OCH3 is 1. The molecule has 2 aliphatic heterocycles. The number of allylic oxidation sites excluding steroid dienone is 1. The SMILES string of the molecule is COc1ccc2c3c4n(c2c1)C(=O)C=CC4[NH+]([O-])C=C3. The van der Waals surface area contributed by atoms with E-state index in [-0.39, 0.29) is 17.0 Å². The normalized spacial score (nSPS) is 23.2. The highest BCUT2D eigenvalue weighted by Gasteiger charge is 2.33. The van der Waals surface area contributed by atoms with E-state index in [9.17, 15) is 10.0 Å². The number of fused-ring (bicyclic) bond motifs is 3. The quantitative estimate of drug-likeness (QED) is 0.792. The average molecular weight is 268 g/mol. The van der Waals surface area contributed by atoms with E-state index < -0.39 is 0 Å². The summed E-state index contributed by atoms with van der Waals surface area (Å²) in [6.45, 7) is 0. The van der Waals surface area contributed by atoms with E-state index in [1.165, 1.54) is 6.08 Å². The number of nitrogens with one attached hydrogen (secondary N) is 1. The van der Waals surface area contributed by atoms with Crippen molar-refractivity contribution in [3.8, 4) is 5.75 Å². The van der Waals surface area contributed by atoms with Gasteiger partial charge in [0.05, 0.1) is 24.5 Å². The second-order valence-corrected chi connectivity index (χ2v) is 4.93. The first kappa shape index (κ1) is 11.5. The van der Waals surface area contributed by atoms with Crippen LogP contribution in [0.25, 0.3) is 17.0 Å². The lowest BCUT2D eigenvalue weighted by molar-refractivity contribution is -0.820. The molecule has 4 rings (SSSR count). The topological polar surface area (TPSA) is 58.7 Å². The summed E-state index contributed by atoms with van der Waals surface area (Å²) in [5, 5.41) is 13.0. The summed E-state index contributed by atoms with van der Waals surface area (Å²) in [6, 6.07) is 5.27. The molecule has 2 aliphatic rings. The van der Waals surface area contributed by atoms with E-state index in [4.69, 9.17) is 4.74 Å². The molecule has 0 radical (unpaired) electrons. The number of aromatic nitrogens is 1. The van der Waals surface area contributed by atoms with Gasteiger partial charge in [0.15, 0.2) is 6.04 Å². The molecule has 5 heteroatoms. The smallest absolute Gasteiger partial charge is 0.255 e. The van der Waals surface area contributed by atoms with Crippen molar-refractivity contribution in [3.05, 3.63) is 53.0 Å². The summed E-state index contributed by atoms with van der Waals surface area (Å²) in [5.41, 5.74) is 2.51. The lowest BCUT2D eigenvalue weighted by Crippen LogP contribution is -3.03. The lowest BCUT2D eigenvalue weighted by atomic mass is 10.0. The van der Waals surface area contributed by atoms with Crippen LogP contribution in [0, 0.1) is 5.21 Å². The number of quaternary nitrogens is 1. The highest BCUT2D eigenvalue weighted by atomic mass is 16.5. The first-order valence-electron chi connectivity index (χ1n) is 6.37. The number of hydrogen-bond acceptors (Lipinski definition) is 3. The molecule has 3 heterocycles. The van der Waals surface area contributed by atoms with Gasteiger partial charge >= 0.3 is 0 Å². The molecule has 0 spiro atoms. The van der Waals surface area contributed by atoms with Crippen molar-refractivity contribution >= 4 is 22.9 Å². The fourth-order valence-corrected chi connectivity index (χ4v) is 3.00. The van der Waals surface area contributed by atoms with Crippen molar-refractivity contribution in [1.29, 1.82) is 0 Å². The molecule has 20 heavy (non-hydrogen) atoms. The summed E-state index contributed by atoms with van der Waals surface area (Å²) in [4.78, 5) is 12.2. The van der Waals surface area contributed by atoms with E-state index in [1.807, 2.05) is 18.2 Å². The third kappa shape index (κ3) is 1.31. The fraction of sp³-hybridized carbons (Fsp3) is 0.133. The molecule has 5 nitrogen and oxygen atoms in total. The van der Waals surface area contributed by atoms with Gasteiger partial charge in [-0.3, -0.25) is 9.36 Å². The number of hydrogen-bond donors (Lipinski definition) is 1. The van der Waals surface area contributed by atoms with Crippen LogP contribution in [0.4, 0.5) is 0 Å². The minimum absolute atomic E-state index is 0.0114. The molecule has 1 N–H and O–H groups in total. The summed E-state index contributed by atoms with van der Waals surface area (Å²) >= 11 is 0. The number of carbonyl (C=O) groups is 1. The van der Waals surface area contributed by atoms with E-state index >= 15 is 0 Å². The first-order chi connectivity index (χ1) is 9.70. The summed E-state index contributed by atoms with van der Waals surface area (Å²) in [5.74, 6) is 0.571. The monoisotopic (exact) mass is 268 g/mol. The Labute approximate surface area is 114 Å². The van der Waals surface area contributed by atoms with E-state index in [0.717, 1.165) is 22.2 Å². The Morgan fingerprint density at radius 1 is 1.35 bits per heavy atom. The number of nitrogens with zero attached hydrogens (tertiary/aromatic N) is 1. The summed E-state index contributed by atoms with van der Waals surface area (Å²) < 4.78 is 6.85. The first-order valence-corrected chi connectivity index (χ1v) is 6.37. The van der Waals surface area contributed by atoms with Crippen molar-refractivity contribution < 1.29 is 14.6 Å². The van der Waals surface area contributed by atoms with E-state index in [1.54, 1.807) is 30.0 Å². The third-order valence-electron chi connectivity index (χ3n) is 3.92. The number of rotatable bonds is 1. The molecule has 2 aromatic rings. The van der Waals surface area contributed by atoms with Crippen LogP contribution in [-0.4, -0.2) is 17.6 Å². The van der Waals surface area contributed by atoms with Crippen LogP contribution < -0.4 is 9.80 Å². The Balaban J connectivity index is 2.14. The Morgan fingerprint density at radius 3 is 3.00 bits per heavy atom. The van der Waals surface area contributed by atoms with E-state index in [0.29, 0.717) is 5.75 Å². The van der Waals surface area contributed by atoms with Crippen LogP contribution >= 0.6 is 0 Å². The van der Waals surface area contributed by atoms with Gasteiger partial charge in [0.2, 0.25) is 0 Å². The van der Waals surface area contributed by atoms with Crippen LogP contribution in [0.3, 0.4) is 0 Å². The zero-order valence-corrected chi connectivity index (χ0v) is 10.8. The van der Waals surface area contributed by atoms with Crippen LogP contribution in [0.15, 0.2) is 36.6 Å². The average Bonchev–Trinajstić information content (AvgIpc) is 2.80. The van der Waals surface area contributed by atoms with Gasteiger partial charge in [-0.25, -0.2) is 0 Å². The molecule has 100 valence electrons. The molecule has 2 unspecified atom stereocenters. The Bertz CT molecular complexity index is 801. The molecule has 1 aromatic carbocycles. The maximum atomic E-state index is 12.2. The van der Waals surface area contributed by atoms with Crippen molar-refractivity contribution in [2.24, 2.45) is 0 Å². The predicted octanol–water partition coefficient (Wildman–Crippen LogP) is 1.27. The molecular formula is C15H12N2O3. The maximum absolute atomic E-state index is 12.2. The molecule has 0 amide bonds. The molecule has 2 atom stereocenters. The van der Waals surface area contributed by atoms with Crippen molar-refractivity contribution in [1.82, 2.24) is 4.57 Å². The van der Waals surface area contributed by atoms with Gasteiger partial charge in [0, 0.05) is 29.2 Å². The second-order valence-electron chi connectivity index (χ2n) is 4.93. The number of hydroxylamine groups is 2. The predicted molar refractivity (Wildman–Crippen MR) is 74.4 cm³/mol. The fourth-order valence-electron chi connectivity index (χ4n) is 3.00. The molecule has 0 fully saturated rings. The van der Waals surface area contributed by atoms with Crippen LogP contribution in [0.2, 0.25) is 0 Å². The number of ether oxygens (including phenoxy) is 1. The third-order valence-corrected chi connectivity index (χ3v) is 3.92. The molecule has 0 saturated heterocycles. The Kier molecular flexibility index (Phi) is 2.19. The second kappa shape index (κ2) is 3.82. The summed E-state index contributed by atoms with van der Waals surface area (Å²) in [6.07, 6.45) is 6.54. The zero-order valence-electron chi connectivity index (χ0n) is 10.8. The number of benzene rings is 1. The standard InChI is InChI=1S/C15H12N2O3/c1-20-9-2-3-10-11-6-7-16(19)12-4-5-14(18)17(15(11)12)13(10)8-9/h2-8,12,16H,1H3. The highest BCUT2D eigenvalue weighted by molar-refractivity contribution is 6.04. The molecule has 0 saturated carbocycles. The van der Waals surface area contributed by atoms with Crippen LogP contribution in [-0.2, 0) is 0 Å². The van der Waals surface area contributed by atoms with Gasteiger partial charge < -0.3 is 15.0 Å². The Morgan fingerprint density at radius 2 is 2.20 bits per heavy atom. The zero-order chi connectivity index (χ0) is 13.9. The van der Waals surface area contributed by atoms with Gasteiger partial charge in [-0.2, -0.15) is 0 Å². The minimum atomic E-state index is -0.355. The van der Waals surface area contributed by atoms with Gasteiger partial charge in [-0.05, 0) is 18.2 Å². The van der Waals surface area contributed by atoms with Crippen LogP contribution in [0.1, 0.15) is 22.1 Å². The van der Waals surface area contributed by atoms with Crippen molar-refractivity contribution in [3.63, 3.8) is 0 Å². The molecular weight excluding hydrogens is 256 g/mol. The summed E-state index contributed by atoms with van der Waals surface area (Å²) in [7, 11) is 1.59. The molecule has 0 aliphatic carbocycles.